The van der Waals surface area contributed by atoms with Crippen molar-refractivity contribution in [2.24, 2.45) is 5.92 Å². The number of nitrogens with zero attached hydrogens (tertiary/aromatic N) is 1. The summed E-state index contributed by atoms with van der Waals surface area (Å²) in [5.74, 6) is 0.0300. The molecule has 26 heavy (non-hydrogen) atoms. The van der Waals surface area contributed by atoms with Gasteiger partial charge in [0, 0.05) is 11.2 Å². The third-order valence-electron chi connectivity index (χ3n) is 4.06. The van der Waals surface area contributed by atoms with Crippen LogP contribution in [0.4, 0.5) is 0 Å². The Morgan fingerprint density at radius 3 is 2.58 bits per heavy atom. The van der Waals surface area contributed by atoms with Crippen molar-refractivity contribution in [3.63, 3.8) is 0 Å². The number of carbonyl (C=O) groups is 2. The maximum Gasteiger partial charge on any atom is 0.262 e. The van der Waals surface area contributed by atoms with Crippen molar-refractivity contribution in [2.75, 3.05) is 27.2 Å². The highest BCUT2D eigenvalue weighted by Gasteiger charge is 2.23. The molecule has 5 nitrogen and oxygen atoms in total. The molecule has 0 bridgehead atoms. The highest BCUT2D eigenvalue weighted by molar-refractivity contribution is 7.20. The fraction of sp³-hybridized carbons (Fsp3) is 0.500. The van der Waals surface area contributed by atoms with E-state index < -0.39 is 6.04 Å². The van der Waals surface area contributed by atoms with Crippen molar-refractivity contribution in [1.29, 1.82) is 0 Å². The number of thiophene rings is 1. The monoisotopic (exact) mass is 375 g/mol. The summed E-state index contributed by atoms with van der Waals surface area (Å²) < 4.78 is 1.08. The number of benzene rings is 1. The highest BCUT2D eigenvalue weighted by Crippen LogP contribution is 2.25. The summed E-state index contributed by atoms with van der Waals surface area (Å²) in [6.45, 7) is 5.64. The second-order valence-corrected chi connectivity index (χ2v) is 8.34. The molecule has 0 fully saturated rings. The van der Waals surface area contributed by atoms with Gasteiger partial charge in [0.1, 0.15) is 6.04 Å². The number of hydrogen-bond acceptors (Lipinski definition) is 4. The van der Waals surface area contributed by atoms with Crippen LogP contribution in [0, 0.1) is 5.92 Å². The van der Waals surface area contributed by atoms with Gasteiger partial charge in [0.25, 0.3) is 5.91 Å². The molecule has 1 unspecified atom stereocenters. The third-order valence-corrected chi connectivity index (χ3v) is 5.17. The minimum atomic E-state index is -0.507. The highest BCUT2D eigenvalue weighted by atomic mass is 32.1. The van der Waals surface area contributed by atoms with Gasteiger partial charge in [0.05, 0.1) is 4.88 Å². The molecule has 0 aliphatic heterocycles. The molecule has 142 valence electrons. The number of fused-ring (bicyclic) bond motifs is 1. The van der Waals surface area contributed by atoms with E-state index in [4.69, 9.17) is 0 Å². The smallest absolute Gasteiger partial charge is 0.262 e. The molecule has 1 heterocycles. The Labute approximate surface area is 159 Å². The van der Waals surface area contributed by atoms with E-state index in [9.17, 15) is 9.59 Å². The lowest BCUT2D eigenvalue weighted by Gasteiger charge is -2.20. The number of carbonyl (C=O) groups excluding carboxylic acids is 2. The van der Waals surface area contributed by atoms with Gasteiger partial charge in [-0.25, -0.2) is 0 Å². The van der Waals surface area contributed by atoms with Gasteiger partial charge in [0.15, 0.2) is 0 Å². The summed E-state index contributed by atoms with van der Waals surface area (Å²) in [5, 5.41) is 6.93. The van der Waals surface area contributed by atoms with E-state index in [1.165, 1.54) is 11.3 Å². The van der Waals surface area contributed by atoms with Crippen LogP contribution >= 0.6 is 11.3 Å². The van der Waals surface area contributed by atoms with Crippen LogP contribution in [-0.2, 0) is 4.79 Å². The van der Waals surface area contributed by atoms with Crippen LogP contribution < -0.4 is 10.6 Å². The van der Waals surface area contributed by atoms with E-state index in [0.717, 1.165) is 23.1 Å². The standard InChI is InChI=1S/C20H29N3O2S/c1-14(2)12-16(19(24)21-10-7-11-23(3)4)22-20(25)18-13-15-8-5-6-9-17(15)26-18/h5-6,8-9,13-14,16H,7,10-12H2,1-4H3,(H,21,24)(H,22,25). The van der Waals surface area contributed by atoms with Gasteiger partial charge in [-0.05, 0) is 56.9 Å². The Balaban J connectivity index is 1.99. The predicted molar refractivity (Wildman–Crippen MR) is 109 cm³/mol. The van der Waals surface area contributed by atoms with Gasteiger partial charge in [-0.3, -0.25) is 9.59 Å². The van der Waals surface area contributed by atoms with E-state index in [1.807, 2.05) is 44.4 Å². The van der Waals surface area contributed by atoms with E-state index in [2.05, 4.69) is 29.4 Å². The van der Waals surface area contributed by atoms with Gasteiger partial charge < -0.3 is 15.5 Å². The second kappa shape index (κ2) is 9.69. The first kappa shape index (κ1) is 20.4. The zero-order valence-corrected chi connectivity index (χ0v) is 16.9. The van der Waals surface area contributed by atoms with Crippen LogP contribution in [0.3, 0.4) is 0 Å². The Bertz CT molecular complexity index is 706. The SMILES string of the molecule is CC(C)CC(NC(=O)c1cc2ccccc2s1)C(=O)NCCCN(C)C. The summed E-state index contributed by atoms with van der Waals surface area (Å²) in [6.07, 6.45) is 1.51. The molecule has 1 atom stereocenters. The molecule has 2 aromatic rings. The largest absolute Gasteiger partial charge is 0.354 e. The Morgan fingerprint density at radius 1 is 1.19 bits per heavy atom. The molecule has 0 saturated heterocycles. The quantitative estimate of drug-likeness (QED) is 0.662. The lowest BCUT2D eigenvalue weighted by molar-refractivity contribution is -0.123. The molecular formula is C20H29N3O2S. The van der Waals surface area contributed by atoms with E-state index in [0.29, 0.717) is 23.8 Å². The van der Waals surface area contributed by atoms with Gasteiger partial charge in [-0.2, -0.15) is 0 Å². The Kier molecular flexibility index (Phi) is 7.60. The maximum absolute atomic E-state index is 12.6. The molecule has 0 saturated carbocycles. The summed E-state index contributed by atoms with van der Waals surface area (Å²) in [5.41, 5.74) is 0. The first-order chi connectivity index (χ1) is 12.4. The zero-order valence-electron chi connectivity index (χ0n) is 16.0. The molecule has 1 aromatic heterocycles. The fourth-order valence-electron chi connectivity index (χ4n) is 2.76. The van der Waals surface area contributed by atoms with E-state index in [-0.39, 0.29) is 11.8 Å². The predicted octanol–water partition coefficient (Wildman–Crippen LogP) is 3.11. The van der Waals surface area contributed by atoms with Gasteiger partial charge in [-0.1, -0.05) is 32.0 Å². The first-order valence-electron chi connectivity index (χ1n) is 9.08. The normalized spacial score (nSPS) is 12.5. The van der Waals surface area contributed by atoms with Crippen LogP contribution in [-0.4, -0.2) is 49.9 Å². The molecule has 0 aliphatic carbocycles. The van der Waals surface area contributed by atoms with Crippen LogP contribution in [0.15, 0.2) is 30.3 Å². The summed E-state index contributed by atoms with van der Waals surface area (Å²) in [4.78, 5) is 27.9. The number of rotatable bonds is 9. The molecule has 1 aromatic carbocycles. The minimum absolute atomic E-state index is 0.105. The third kappa shape index (κ3) is 6.11. The fourth-order valence-corrected chi connectivity index (χ4v) is 3.72. The van der Waals surface area contributed by atoms with Gasteiger partial charge in [-0.15, -0.1) is 11.3 Å². The van der Waals surface area contributed by atoms with Crippen molar-refractivity contribution < 1.29 is 9.59 Å². The molecule has 2 N–H and O–H groups in total. The van der Waals surface area contributed by atoms with E-state index >= 15 is 0 Å². The molecule has 6 heteroatoms. The van der Waals surface area contributed by atoms with Crippen molar-refractivity contribution in [3.8, 4) is 0 Å². The van der Waals surface area contributed by atoms with Crippen molar-refractivity contribution in [3.05, 3.63) is 35.2 Å². The van der Waals surface area contributed by atoms with Crippen LogP contribution in [0.2, 0.25) is 0 Å². The maximum atomic E-state index is 12.6. The molecule has 0 aliphatic rings. The lowest BCUT2D eigenvalue weighted by atomic mass is 10.0. The van der Waals surface area contributed by atoms with Crippen LogP contribution in [0.25, 0.3) is 10.1 Å². The average molecular weight is 376 g/mol. The average Bonchev–Trinajstić information content (AvgIpc) is 3.01. The first-order valence-corrected chi connectivity index (χ1v) is 9.90. The van der Waals surface area contributed by atoms with Crippen molar-refractivity contribution in [1.82, 2.24) is 15.5 Å². The Morgan fingerprint density at radius 2 is 1.92 bits per heavy atom. The molecular weight excluding hydrogens is 346 g/mol. The number of nitrogens with one attached hydrogen (secondary N) is 2. The van der Waals surface area contributed by atoms with Gasteiger partial charge >= 0.3 is 0 Å². The number of hydrogen-bond donors (Lipinski definition) is 2. The van der Waals surface area contributed by atoms with Crippen LogP contribution in [0.1, 0.15) is 36.4 Å². The Hall–Kier alpha value is -1.92. The summed E-state index contributed by atoms with van der Waals surface area (Å²) in [6, 6.07) is 9.29. The molecule has 0 spiro atoms. The van der Waals surface area contributed by atoms with Crippen molar-refractivity contribution >= 4 is 33.2 Å². The van der Waals surface area contributed by atoms with Gasteiger partial charge in [0.2, 0.25) is 5.91 Å². The van der Waals surface area contributed by atoms with Crippen molar-refractivity contribution in [2.45, 2.75) is 32.7 Å². The lowest BCUT2D eigenvalue weighted by Crippen LogP contribution is -2.47. The number of amides is 2. The van der Waals surface area contributed by atoms with E-state index in [1.54, 1.807) is 0 Å². The zero-order chi connectivity index (χ0) is 19.1. The summed E-state index contributed by atoms with van der Waals surface area (Å²) >= 11 is 1.45. The summed E-state index contributed by atoms with van der Waals surface area (Å²) in [7, 11) is 4.02. The molecule has 0 radical (unpaired) electrons. The topological polar surface area (TPSA) is 61.4 Å². The van der Waals surface area contributed by atoms with Crippen LogP contribution in [0.5, 0.6) is 0 Å². The second-order valence-electron chi connectivity index (χ2n) is 7.25. The molecule has 2 amide bonds. The molecule has 2 rings (SSSR count). The minimum Gasteiger partial charge on any atom is -0.354 e.